The second kappa shape index (κ2) is 7.22. The van der Waals surface area contributed by atoms with Gasteiger partial charge in [-0.25, -0.2) is 4.98 Å². The molecule has 0 spiro atoms. The van der Waals surface area contributed by atoms with Gasteiger partial charge in [0.05, 0.1) is 0 Å². The summed E-state index contributed by atoms with van der Waals surface area (Å²) in [5.74, 6) is 0.327. The van der Waals surface area contributed by atoms with E-state index in [0.29, 0.717) is 19.0 Å². The lowest BCUT2D eigenvalue weighted by Crippen LogP contribution is -2.35. The Hall–Kier alpha value is -2.10. The van der Waals surface area contributed by atoms with Crippen LogP contribution < -0.4 is 4.74 Å². The fourth-order valence-corrected chi connectivity index (χ4v) is 1.25. The number of ether oxygens (including phenoxy) is 1. The van der Waals surface area contributed by atoms with Crippen molar-refractivity contribution in [2.45, 2.75) is 0 Å². The van der Waals surface area contributed by atoms with E-state index in [1.54, 1.807) is 41.4 Å². The van der Waals surface area contributed by atoms with E-state index >= 15 is 0 Å². The number of carbonyl (C=O) groups excluding carboxylic acids is 1. The quantitative estimate of drug-likeness (QED) is 0.671. The molecule has 1 aromatic heterocycles. The van der Waals surface area contributed by atoms with Gasteiger partial charge in [-0.15, -0.1) is 13.2 Å². The van der Waals surface area contributed by atoms with E-state index in [0.717, 1.165) is 0 Å². The van der Waals surface area contributed by atoms with E-state index < -0.39 is 0 Å². The molecule has 0 fully saturated rings. The van der Waals surface area contributed by atoms with Crippen LogP contribution in [0.5, 0.6) is 5.88 Å². The first-order chi connectivity index (χ1) is 8.27. The summed E-state index contributed by atoms with van der Waals surface area (Å²) in [5, 5.41) is 0. The lowest BCUT2D eigenvalue weighted by atomic mass is 10.4. The number of carbonyl (C=O) groups is 1. The highest BCUT2D eigenvalue weighted by atomic mass is 16.5. The Labute approximate surface area is 101 Å². The molecular weight excluding hydrogens is 216 g/mol. The minimum atomic E-state index is -0.115. The summed E-state index contributed by atoms with van der Waals surface area (Å²) in [6, 6.07) is 5.30. The lowest BCUT2D eigenvalue weighted by Gasteiger charge is -2.19. The minimum absolute atomic E-state index is 0.0291. The van der Waals surface area contributed by atoms with Crippen LogP contribution in [0.15, 0.2) is 49.7 Å². The summed E-state index contributed by atoms with van der Waals surface area (Å²) in [4.78, 5) is 17.3. The molecule has 0 aromatic carbocycles. The van der Waals surface area contributed by atoms with Crippen LogP contribution >= 0.6 is 0 Å². The molecule has 4 heteroatoms. The minimum Gasteiger partial charge on any atom is -0.468 e. The van der Waals surface area contributed by atoms with Crippen LogP contribution in [0, 0.1) is 0 Å². The van der Waals surface area contributed by atoms with E-state index in [2.05, 4.69) is 18.1 Å². The highest BCUT2D eigenvalue weighted by Gasteiger charge is 2.11. The zero-order valence-electron chi connectivity index (χ0n) is 9.71. The van der Waals surface area contributed by atoms with Crippen molar-refractivity contribution < 1.29 is 9.53 Å². The maximum atomic E-state index is 11.8. The first kappa shape index (κ1) is 13.0. The number of amides is 1. The molecule has 1 amide bonds. The van der Waals surface area contributed by atoms with Crippen LogP contribution in [0.25, 0.3) is 0 Å². The Morgan fingerprint density at radius 2 is 2.06 bits per heavy atom. The predicted molar refractivity (Wildman–Crippen MR) is 66.7 cm³/mol. The molecule has 0 saturated heterocycles. The second-order valence-corrected chi connectivity index (χ2v) is 3.33. The van der Waals surface area contributed by atoms with Gasteiger partial charge in [-0.1, -0.05) is 18.2 Å². The third-order valence-corrected chi connectivity index (χ3v) is 2.03. The number of rotatable bonds is 7. The van der Waals surface area contributed by atoms with Crippen molar-refractivity contribution >= 4 is 5.91 Å². The van der Waals surface area contributed by atoms with E-state index in [1.165, 1.54) is 0 Å². The molecule has 0 bridgehead atoms. The molecule has 0 aliphatic heterocycles. The van der Waals surface area contributed by atoms with Gasteiger partial charge in [0.1, 0.15) is 0 Å². The SMILES string of the molecule is C=CCN(CC=C)C(=O)COc1ccccn1. The lowest BCUT2D eigenvalue weighted by molar-refractivity contribution is -0.132. The summed E-state index contributed by atoms with van der Waals surface area (Å²) >= 11 is 0. The number of aromatic nitrogens is 1. The number of hydrogen-bond donors (Lipinski definition) is 0. The summed E-state index contributed by atoms with van der Waals surface area (Å²) in [5.41, 5.74) is 0. The molecular formula is C13H16N2O2. The number of hydrogen-bond acceptors (Lipinski definition) is 3. The van der Waals surface area contributed by atoms with Gasteiger partial charge in [-0.05, 0) is 6.07 Å². The first-order valence-electron chi connectivity index (χ1n) is 5.31. The third-order valence-electron chi connectivity index (χ3n) is 2.03. The van der Waals surface area contributed by atoms with E-state index in [-0.39, 0.29) is 12.5 Å². The topological polar surface area (TPSA) is 42.4 Å². The molecule has 4 nitrogen and oxygen atoms in total. The monoisotopic (exact) mass is 232 g/mol. The summed E-state index contributed by atoms with van der Waals surface area (Å²) in [7, 11) is 0. The normalized spacial score (nSPS) is 9.41. The van der Waals surface area contributed by atoms with Gasteiger partial charge in [-0.2, -0.15) is 0 Å². The number of pyridine rings is 1. The second-order valence-electron chi connectivity index (χ2n) is 3.33. The molecule has 17 heavy (non-hydrogen) atoms. The van der Waals surface area contributed by atoms with Crippen LogP contribution in [-0.4, -0.2) is 35.5 Å². The van der Waals surface area contributed by atoms with Gasteiger partial charge >= 0.3 is 0 Å². The molecule has 0 aliphatic rings. The molecule has 0 N–H and O–H groups in total. The molecule has 1 heterocycles. The van der Waals surface area contributed by atoms with Crippen molar-refractivity contribution in [2.24, 2.45) is 0 Å². The zero-order valence-corrected chi connectivity index (χ0v) is 9.71. The van der Waals surface area contributed by atoms with Gasteiger partial charge in [0.15, 0.2) is 6.61 Å². The molecule has 0 unspecified atom stereocenters. The van der Waals surface area contributed by atoms with Crippen LogP contribution in [0.4, 0.5) is 0 Å². The maximum Gasteiger partial charge on any atom is 0.261 e. The molecule has 0 aliphatic carbocycles. The Morgan fingerprint density at radius 1 is 1.35 bits per heavy atom. The molecule has 90 valence electrons. The molecule has 0 saturated carbocycles. The fraction of sp³-hybridized carbons (Fsp3) is 0.231. The van der Waals surface area contributed by atoms with Crippen molar-refractivity contribution in [3.63, 3.8) is 0 Å². The van der Waals surface area contributed by atoms with Gasteiger partial charge in [0.25, 0.3) is 5.91 Å². The zero-order chi connectivity index (χ0) is 12.5. The van der Waals surface area contributed by atoms with Gasteiger partial charge in [0, 0.05) is 25.4 Å². The average Bonchev–Trinajstić information content (AvgIpc) is 2.37. The van der Waals surface area contributed by atoms with Crippen LogP contribution in [-0.2, 0) is 4.79 Å². The smallest absolute Gasteiger partial charge is 0.261 e. The molecule has 1 aromatic rings. The highest BCUT2D eigenvalue weighted by Crippen LogP contribution is 2.03. The largest absolute Gasteiger partial charge is 0.468 e. The fourth-order valence-electron chi connectivity index (χ4n) is 1.25. The Bertz CT molecular complexity index is 366. The van der Waals surface area contributed by atoms with Crippen LogP contribution in [0.2, 0.25) is 0 Å². The van der Waals surface area contributed by atoms with Gasteiger partial charge in [0.2, 0.25) is 5.88 Å². The van der Waals surface area contributed by atoms with E-state index in [4.69, 9.17) is 4.74 Å². The Balaban J connectivity index is 2.46. The molecule has 0 atom stereocenters. The maximum absolute atomic E-state index is 11.8. The Kier molecular flexibility index (Phi) is 5.51. The molecule has 1 rings (SSSR count). The summed E-state index contributed by atoms with van der Waals surface area (Å²) < 4.78 is 5.27. The Morgan fingerprint density at radius 3 is 2.59 bits per heavy atom. The highest BCUT2D eigenvalue weighted by molar-refractivity contribution is 5.78. The van der Waals surface area contributed by atoms with Crippen molar-refractivity contribution in [1.29, 1.82) is 0 Å². The standard InChI is InChI=1S/C13H16N2O2/c1-3-9-15(10-4-2)13(16)11-17-12-7-5-6-8-14-12/h3-8H,1-2,9-11H2. The van der Waals surface area contributed by atoms with Crippen LogP contribution in [0.1, 0.15) is 0 Å². The average molecular weight is 232 g/mol. The van der Waals surface area contributed by atoms with E-state index in [9.17, 15) is 4.79 Å². The number of nitrogens with zero attached hydrogens (tertiary/aromatic N) is 2. The summed E-state index contributed by atoms with van der Waals surface area (Å²) in [6.45, 7) is 8.14. The summed E-state index contributed by atoms with van der Waals surface area (Å²) in [6.07, 6.45) is 4.95. The van der Waals surface area contributed by atoms with Crippen molar-refractivity contribution in [3.8, 4) is 5.88 Å². The predicted octanol–water partition coefficient (Wildman–Crippen LogP) is 1.66. The molecule has 0 radical (unpaired) electrons. The first-order valence-corrected chi connectivity index (χ1v) is 5.31. The van der Waals surface area contributed by atoms with Crippen molar-refractivity contribution in [1.82, 2.24) is 9.88 Å². The van der Waals surface area contributed by atoms with Crippen molar-refractivity contribution in [3.05, 3.63) is 49.7 Å². The van der Waals surface area contributed by atoms with Crippen molar-refractivity contribution in [2.75, 3.05) is 19.7 Å². The van der Waals surface area contributed by atoms with Crippen LogP contribution in [0.3, 0.4) is 0 Å². The van der Waals surface area contributed by atoms with Gasteiger partial charge in [-0.3, -0.25) is 4.79 Å². The third kappa shape index (κ3) is 4.51. The van der Waals surface area contributed by atoms with E-state index in [1.807, 2.05) is 0 Å². The van der Waals surface area contributed by atoms with Gasteiger partial charge < -0.3 is 9.64 Å².